The van der Waals surface area contributed by atoms with Gasteiger partial charge >= 0.3 is 6.09 Å². The molecule has 1 aromatic carbocycles. The van der Waals surface area contributed by atoms with Crippen LogP contribution in [0.3, 0.4) is 0 Å². The number of carbonyl (C=O) groups is 2. The molecule has 0 aliphatic rings. The molecule has 2 aromatic rings. The van der Waals surface area contributed by atoms with E-state index in [1.165, 1.54) is 0 Å². The van der Waals surface area contributed by atoms with Gasteiger partial charge in [-0.1, -0.05) is 26.0 Å². The number of hydrazone groups is 1. The maximum atomic E-state index is 12.5. The molecule has 1 atom stereocenters. The molecule has 0 saturated carbocycles. The van der Waals surface area contributed by atoms with Crippen LogP contribution in [-0.2, 0) is 9.53 Å². The molecule has 2 rings (SSSR count). The molecule has 28 heavy (non-hydrogen) atoms. The summed E-state index contributed by atoms with van der Waals surface area (Å²) < 4.78 is 5.24. The summed E-state index contributed by atoms with van der Waals surface area (Å²) in [4.78, 5) is 28.8. The number of benzene rings is 1. The molecule has 0 unspecified atom stereocenters. The Morgan fingerprint density at radius 2 is 2.00 bits per heavy atom. The number of pyridine rings is 1. The molecule has 0 aliphatic heterocycles. The van der Waals surface area contributed by atoms with E-state index in [2.05, 4.69) is 20.8 Å². The Balaban J connectivity index is 2.00. The van der Waals surface area contributed by atoms with Crippen LogP contribution in [0.5, 0.6) is 0 Å². The number of hydrogen-bond acceptors (Lipinski definition) is 5. The largest absolute Gasteiger partial charge is 0.444 e. The quantitative estimate of drug-likeness (QED) is 0.588. The predicted octanol–water partition coefficient (Wildman–Crippen LogP) is 3.62. The van der Waals surface area contributed by atoms with Gasteiger partial charge in [0.05, 0.1) is 11.7 Å². The summed E-state index contributed by atoms with van der Waals surface area (Å²) in [5.74, 6) is -0.180. The second-order valence-corrected chi connectivity index (χ2v) is 8.02. The molecular weight excluding hydrogens is 356 g/mol. The highest BCUT2D eigenvalue weighted by atomic mass is 16.6. The number of aromatic nitrogens is 1. The van der Waals surface area contributed by atoms with E-state index in [1.54, 1.807) is 33.2 Å². The first kappa shape index (κ1) is 21.3. The smallest absolute Gasteiger partial charge is 0.408 e. The summed E-state index contributed by atoms with van der Waals surface area (Å²) in [7, 11) is 0. The van der Waals surface area contributed by atoms with Gasteiger partial charge in [0.1, 0.15) is 11.6 Å². The Morgan fingerprint density at radius 1 is 1.25 bits per heavy atom. The van der Waals surface area contributed by atoms with E-state index in [1.807, 2.05) is 44.2 Å². The highest BCUT2D eigenvalue weighted by Gasteiger charge is 2.24. The van der Waals surface area contributed by atoms with Crippen molar-refractivity contribution in [2.24, 2.45) is 11.0 Å². The van der Waals surface area contributed by atoms with Crippen LogP contribution in [0.1, 0.15) is 46.6 Å². The topological polar surface area (TPSA) is 92.7 Å². The number of ether oxygens (including phenoxy) is 1. The molecule has 2 amide bonds. The van der Waals surface area contributed by atoms with E-state index in [0.29, 0.717) is 6.42 Å². The van der Waals surface area contributed by atoms with Crippen LogP contribution in [0.25, 0.3) is 10.9 Å². The van der Waals surface area contributed by atoms with E-state index < -0.39 is 23.6 Å². The number of rotatable bonds is 6. The van der Waals surface area contributed by atoms with Crippen LogP contribution >= 0.6 is 0 Å². The first-order chi connectivity index (χ1) is 13.1. The first-order valence-electron chi connectivity index (χ1n) is 9.31. The third-order valence-corrected chi connectivity index (χ3v) is 3.73. The van der Waals surface area contributed by atoms with Crippen LogP contribution in [0, 0.1) is 5.92 Å². The second-order valence-electron chi connectivity index (χ2n) is 8.02. The lowest BCUT2D eigenvalue weighted by Gasteiger charge is -2.23. The van der Waals surface area contributed by atoms with Gasteiger partial charge in [-0.3, -0.25) is 9.78 Å². The third-order valence-electron chi connectivity index (χ3n) is 3.73. The summed E-state index contributed by atoms with van der Waals surface area (Å²) in [5, 5.41) is 7.63. The van der Waals surface area contributed by atoms with Gasteiger partial charge in [0.2, 0.25) is 0 Å². The molecule has 0 fully saturated rings. The lowest BCUT2D eigenvalue weighted by atomic mass is 10.0. The minimum atomic E-state index is -0.729. The van der Waals surface area contributed by atoms with Crippen molar-refractivity contribution >= 4 is 29.1 Å². The second kappa shape index (κ2) is 9.30. The van der Waals surface area contributed by atoms with Crippen LogP contribution < -0.4 is 10.7 Å². The monoisotopic (exact) mass is 384 g/mol. The Kier molecular flexibility index (Phi) is 7.09. The zero-order valence-corrected chi connectivity index (χ0v) is 17.0. The highest BCUT2D eigenvalue weighted by Crippen LogP contribution is 2.12. The van der Waals surface area contributed by atoms with E-state index in [9.17, 15) is 9.59 Å². The fraction of sp³-hybridized carbons (Fsp3) is 0.429. The average Bonchev–Trinajstić information content (AvgIpc) is 2.59. The molecule has 0 saturated heterocycles. The number of amides is 2. The highest BCUT2D eigenvalue weighted by molar-refractivity contribution is 5.90. The molecular formula is C21H28N4O3. The SMILES string of the molecule is CC(C)C[C@H](NC(=O)OC(C)(C)C)C(=O)N/N=C/c1ccc2ncccc2c1. The lowest BCUT2D eigenvalue weighted by Crippen LogP contribution is -2.47. The van der Waals surface area contributed by atoms with Crippen LogP contribution in [0.15, 0.2) is 41.6 Å². The van der Waals surface area contributed by atoms with Crippen molar-refractivity contribution < 1.29 is 14.3 Å². The van der Waals surface area contributed by atoms with Crippen molar-refractivity contribution in [3.63, 3.8) is 0 Å². The number of nitrogens with zero attached hydrogens (tertiary/aromatic N) is 2. The van der Waals surface area contributed by atoms with E-state index in [-0.39, 0.29) is 5.92 Å². The van der Waals surface area contributed by atoms with Gasteiger partial charge in [0.15, 0.2) is 0 Å². The Bertz CT molecular complexity index is 856. The molecule has 0 radical (unpaired) electrons. The van der Waals surface area contributed by atoms with Gasteiger partial charge in [0, 0.05) is 11.6 Å². The third kappa shape index (κ3) is 6.98. The first-order valence-corrected chi connectivity index (χ1v) is 9.31. The van der Waals surface area contributed by atoms with Crippen molar-refractivity contribution in [1.82, 2.24) is 15.7 Å². The van der Waals surface area contributed by atoms with E-state index >= 15 is 0 Å². The zero-order chi connectivity index (χ0) is 20.7. The normalized spacial score (nSPS) is 12.9. The van der Waals surface area contributed by atoms with Crippen molar-refractivity contribution in [2.75, 3.05) is 0 Å². The van der Waals surface area contributed by atoms with Gasteiger partial charge in [0.25, 0.3) is 5.91 Å². The molecule has 1 heterocycles. The number of nitrogens with one attached hydrogen (secondary N) is 2. The van der Waals surface area contributed by atoms with Crippen molar-refractivity contribution in [2.45, 2.75) is 52.7 Å². The minimum Gasteiger partial charge on any atom is -0.444 e. The summed E-state index contributed by atoms with van der Waals surface area (Å²) >= 11 is 0. The van der Waals surface area contributed by atoms with E-state index in [4.69, 9.17) is 4.74 Å². The Hall–Kier alpha value is -2.96. The molecule has 7 nitrogen and oxygen atoms in total. The van der Waals surface area contributed by atoms with Gasteiger partial charge in [-0.05, 0) is 56.9 Å². The maximum absolute atomic E-state index is 12.5. The van der Waals surface area contributed by atoms with Crippen LogP contribution in [0.4, 0.5) is 4.79 Å². The predicted molar refractivity (Wildman–Crippen MR) is 110 cm³/mol. The maximum Gasteiger partial charge on any atom is 0.408 e. The number of carbonyl (C=O) groups excluding carboxylic acids is 2. The zero-order valence-electron chi connectivity index (χ0n) is 17.0. The van der Waals surface area contributed by atoms with Crippen molar-refractivity contribution in [3.8, 4) is 0 Å². The molecule has 1 aromatic heterocycles. The summed E-state index contributed by atoms with van der Waals surface area (Å²) in [6.07, 6.45) is 3.15. The van der Waals surface area contributed by atoms with Gasteiger partial charge in [-0.15, -0.1) is 0 Å². The Labute approximate surface area is 165 Å². The number of alkyl carbamates (subject to hydrolysis) is 1. The fourth-order valence-corrected chi connectivity index (χ4v) is 2.58. The summed E-state index contributed by atoms with van der Waals surface area (Å²) in [5.41, 5.74) is 3.59. The number of fused-ring (bicyclic) bond motifs is 1. The van der Waals surface area contributed by atoms with Crippen molar-refractivity contribution in [3.05, 3.63) is 42.1 Å². The standard InChI is InChI=1S/C21H28N4O3/c1-14(2)11-18(24-20(27)28-21(3,4)5)19(26)25-23-13-15-8-9-17-16(12-15)7-6-10-22-17/h6-10,12-14,18H,11H2,1-5H3,(H,24,27)(H,25,26)/b23-13+/t18-/m0/s1. The summed E-state index contributed by atoms with van der Waals surface area (Å²) in [6.45, 7) is 9.27. The average molecular weight is 384 g/mol. The van der Waals surface area contributed by atoms with Gasteiger partial charge in [-0.2, -0.15) is 5.10 Å². The van der Waals surface area contributed by atoms with Gasteiger partial charge < -0.3 is 10.1 Å². The van der Waals surface area contributed by atoms with Crippen molar-refractivity contribution in [1.29, 1.82) is 0 Å². The fourth-order valence-electron chi connectivity index (χ4n) is 2.58. The Morgan fingerprint density at radius 3 is 2.68 bits per heavy atom. The molecule has 0 spiro atoms. The molecule has 150 valence electrons. The van der Waals surface area contributed by atoms with Gasteiger partial charge in [-0.25, -0.2) is 10.2 Å². The molecule has 2 N–H and O–H groups in total. The van der Waals surface area contributed by atoms with Crippen LogP contribution in [-0.4, -0.2) is 34.8 Å². The van der Waals surface area contributed by atoms with Crippen LogP contribution in [0.2, 0.25) is 0 Å². The minimum absolute atomic E-state index is 0.211. The number of hydrogen-bond donors (Lipinski definition) is 2. The lowest BCUT2D eigenvalue weighted by molar-refractivity contribution is -0.123. The van der Waals surface area contributed by atoms with E-state index in [0.717, 1.165) is 16.5 Å². The molecule has 0 aliphatic carbocycles. The molecule has 0 bridgehead atoms. The molecule has 7 heteroatoms. The summed E-state index contributed by atoms with van der Waals surface area (Å²) in [6, 6.07) is 8.79.